The molecule has 0 unspecified atom stereocenters. The summed E-state index contributed by atoms with van der Waals surface area (Å²) in [5.41, 5.74) is 0.683. The minimum absolute atomic E-state index is 0.0175. The van der Waals surface area contributed by atoms with Crippen LogP contribution in [0.15, 0.2) is 41.3 Å². The number of likely N-dealkylation sites (N-methyl/N-ethyl adjacent to an activating group) is 2. The Morgan fingerprint density at radius 3 is 2.50 bits per heavy atom. The Hall–Kier alpha value is -2.38. The van der Waals surface area contributed by atoms with E-state index in [1.165, 1.54) is 10.9 Å². The lowest BCUT2D eigenvalue weighted by Crippen LogP contribution is -2.49. The normalized spacial score (nSPS) is 15.1. The summed E-state index contributed by atoms with van der Waals surface area (Å²) >= 11 is 6.28. The highest BCUT2D eigenvalue weighted by atomic mass is 35.5. The summed E-state index contributed by atoms with van der Waals surface area (Å²) in [5, 5.41) is 4.26. The van der Waals surface area contributed by atoms with E-state index in [2.05, 4.69) is 10.00 Å². The number of carbonyl (C=O) groups excluding carboxylic acids is 1. The highest BCUT2D eigenvalue weighted by molar-refractivity contribution is 6.33. The zero-order valence-electron chi connectivity index (χ0n) is 14.9. The molecule has 2 aromatic rings. The standard InChI is InChI=1S/C18H22ClN5O2/c1-21-8-10-23(11-9-21)16(25)13-22(2)15-12-20-24(18(26)17(15)19)14-6-4-3-5-7-14/h3-7,12H,8-11,13H2,1-2H3. The molecule has 1 saturated heterocycles. The second kappa shape index (κ2) is 7.88. The van der Waals surface area contributed by atoms with Gasteiger partial charge in [-0.1, -0.05) is 29.8 Å². The van der Waals surface area contributed by atoms with Gasteiger partial charge in [-0.3, -0.25) is 9.59 Å². The summed E-state index contributed by atoms with van der Waals surface area (Å²) in [6.07, 6.45) is 1.52. The van der Waals surface area contributed by atoms with Crippen molar-refractivity contribution >= 4 is 23.2 Å². The minimum Gasteiger partial charge on any atom is -0.363 e. The summed E-state index contributed by atoms with van der Waals surface area (Å²) < 4.78 is 1.25. The molecule has 3 rings (SSSR count). The topological polar surface area (TPSA) is 61.7 Å². The van der Waals surface area contributed by atoms with Crippen LogP contribution in [0.3, 0.4) is 0 Å². The number of aromatic nitrogens is 2. The number of carbonyl (C=O) groups is 1. The second-order valence-corrected chi connectivity index (χ2v) is 6.81. The lowest BCUT2D eigenvalue weighted by molar-refractivity contribution is -0.131. The Kier molecular flexibility index (Phi) is 5.58. The molecule has 7 nitrogen and oxygen atoms in total. The van der Waals surface area contributed by atoms with Crippen LogP contribution in [0.4, 0.5) is 5.69 Å². The van der Waals surface area contributed by atoms with E-state index in [1.54, 1.807) is 24.1 Å². The zero-order chi connectivity index (χ0) is 18.7. The monoisotopic (exact) mass is 375 g/mol. The van der Waals surface area contributed by atoms with Crippen molar-refractivity contribution in [3.63, 3.8) is 0 Å². The average molecular weight is 376 g/mol. The Labute approximate surface area is 157 Å². The number of piperazine rings is 1. The first-order chi connectivity index (χ1) is 12.5. The fourth-order valence-electron chi connectivity index (χ4n) is 2.89. The molecule has 0 spiro atoms. The number of hydrogen-bond acceptors (Lipinski definition) is 5. The van der Waals surface area contributed by atoms with Crippen LogP contribution in [0.2, 0.25) is 5.02 Å². The predicted octanol–water partition coefficient (Wildman–Crippen LogP) is 1.10. The third-order valence-corrected chi connectivity index (χ3v) is 4.90. The molecule has 0 radical (unpaired) electrons. The summed E-state index contributed by atoms with van der Waals surface area (Å²) in [7, 11) is 3.78. The maximum atomic E-state index is 12.6. The lowest BCUT2D eigenvalue weighted by atomic mass is 10.3. The molecule has 2 heterocycles. The Morgan fingerprint density at radius 2 is 1.85 bits per heavy atom. The number of rotatable bonds is 4. The van der Waals surface area contributed by atoms with Crippen molar-refractivity contribution in [2.75, 3.05) is 51.7 Å². The van der Waals surface area contributed by atoms with Gasteiger partial charge in [0, 0.05) is 33.2 Å². The van der Waals surface area contributed by atoms with Gasteiger partial charge in [-0.25, -0.2) is 0 Å². The number of anilines is 1. The van der Waals surface area contributed by atoms with Gasteiger partial charge in [0.2, 0.25) is 5.91 Å². The number of nitrogens with zero attached hydrogens (tertiary/aromatic N) is 5. The van der Waals surface area contributed by atoms with Crippen LogP contribution in [0, 0.1) is 0 Å². The minimum atomic E-state index is -0.408. The number of hydrogen-bond donors (Lipinski definition) is 0. The summed E-state index contributed by atoms with van der Waals surface area (Å²) in [4.78, 5) is 30.8. The van der Waals surface area contributed by atoms with Gasteiger partial charge in [0.1, 0.15) is 5.02 Å². The molecule has 8 heteroatoms. The molecular weight excluding hydrogens is 354 g/mol. The van der Waals surface area contributed by atoms with Crippen molar-refractivity contribution < 1.29 is 4.79 Å². The average Bonchev–Trinajstić information content (AvgIpc) is 2.65. The van der Waals surface area contributed by atoms with Gasteiger partial charge >= 0.3 is 0 Å². The van der Waals surface area contributed by atoms with Gasteiger partial charge in [0.05, 0.1) is 24.1 Å². The molecule has 0 N–H and O–H groups in total. The predicted molar refractivity (Wildman–Crippen MR) is 102 cm³/mol. The molecule has 0 saturated carbocycles. The molecule has 1 aromatic heterocycles. The van der Waals surface area contributed by atoms with E-state index in [9.17, 15) is 9.59 Å². The molecule has 26 heavy (non-hydrogen) atoms. The van der Waals surface area contributed by atoms with Crippen LogP contribution >= 0.6 is 11.6 Å². The van der Waals surface area contributed by atoms with Crippen molar-refractivity contribution in [3.05, 3.63) is 51.9 Å². The second-order valence-electron chi connectivity index (χ2n) is 6.44. The van der Waals surface area contributed by atoms with E-state index in [1.807, 2.05) is 30.1 Å². The van der Waals surface area contributed by atoms with Crippen LogP contribution in [-0.4, -0.2) is 72.3 Å². The number of para-hydroxylation sites is 1. The Balaban J connectivity index is 1.76. The molecule has 1 amide bonds. The third kappa shape index (κ3) is 3.89. The van der Waals surface area contributed by atoms with Crippen LogP contribution in [0.25, 0.3) is 5.69 Å². The first kappa shape index (κ1) is 18.4. The van der Waals surface area contributed by atoms with Crippen LogP contribution < -0.4 is 10.5 Å². The molecule has 1 aliphatic rings. The van der Waals surface area contributed by atoms with Crippen molar-refractivity contribution in [3.8, 4) is 5.69 Å². The van der Waals surface area contributed by atoms with E-state index in [0.29, 0.717) is 24.5 Å². The van der Waals surface area contributed by atoms with Crippen molar-refractivity contribution in [2.45, 2.75) is 0 Å². The molecule has 1 aromatic carbocycles. The van der Waals surface area contributed by atoms with Gasteiger partial charge in [0.25, 0.3) is 5.56 Å². The van der Waals surface area contributed by atoms with Gasteiger partial charge < -0.3 is 14.7 Å². The van der Waals surface area contributed by atoms with Crippen molar-refractivity contribution in [1.82, 2.24) is 19.6 Å². The SMILES string of the molecule is CN1CCN(C(=O)CN(C)c2cnn(-c3ccccc3)c(=O)c2Cl)CC1. The van der Waals surface area contributed by atoms with Crippen molar-refractivity contribution in [2.24, 2.45) is 0 Å². The molecule has 1 aliphatic heterocycles. The maximum absolute atomic E-state index is 12.6. The molecular formula is C18H22ClN5O2. The molecule has 0 bridgehead atoms. The Morgan fingerprint density at radius 1 is 1.19 bits per heavy atom. The van der Waals surface area contributed by atoms with Gasteiger partial charge in [0.15, 0.2) is 0 Å². The quantitative estimate of drug-likeness (QED) is 0.800. The Bertz CT molecular complexity index is 831. The summed E-state index contributed by atoms with van der Waals surface area (Å²) in [5.74, 6) is 0.0175. The summed E-state index contributed by atoms with van der Waals surface area (Å²) in [6, 6.07) is 9.08. The lowest BCUT2D eigenvalue weighted by Gasteiger charge is -2.33. The largest absolute Gasteiger partial charge is 0.363 e. The van der Waals surface area contributed by atoms with Crippen molar-refractivity contribution in [1.29, 1.82) is 0 Å². The van der Waals surface area contributed by atoms with E-state index < -0.39 is 5.56 Å². The van der Waals surface area contributed by atoms with Gasteiger partial charge in [-0.2, -0.15) is 9.78 Å². The van der Waals surface area contributed by atoms with Crippen LogP contribution in [0.1, 0.15) is 0 Å². The van der Waals surface area contributed by atoms with Gasteiger partial charge in [-0.15, -0.1) is 0 Å². The molecule has 0 atom stereocenters. The highest BCUT2D eigenvalue weighted by Crippen LogP contribution is 2.20. The van der Waals surface area contributed by atoms with Crippen LogP contribution in [0.5, 0.6) is 0 Å². The number of halogens is 1. The summed E-state index contributed by atoms with van der Waals surface area (Å²) in [6.45, 7) is 3.31. The zero-order valence-corrected chi connectivity index (χ0v) is 15.7. The first-order valence-corrected chi connectivity index (χ1v) is 8.86. The van der Waals surface area contributed by atoms with E-state index >= 15 is 0 Å². The molecule has 0 aliphatic carbocycles. The smallest absolute Gasteiger partial charge is 0.292 e. The van der Waals surface area contributed by atoms with E-state index in [-0.39, 0.29) is 17.5 Å². The highest BCUT2D eigenvalue weighted by Gasteiger charge is 2.22. The van der Waals surface area contributed by atoms with Gasteiger partial charge in [-0.05, 0) is 19.2 Å². The number of benzene rings is 1. The molecule has 1 fully saturated rings. The fraction of sp³-hybridized carbons (Fsp3) is 0.389. The first-order valence-electron chi connectivity index (χ1n) is 8.48. The fourth-order valence-corrected chi connectivity index (χ4v) is 3.16. The van der Waals surface area contributed by atoms with E-state index in [0.717, 1.165) is 13.1 Å². The molecule has 138 valence electrons. The number of amides is 1. The van der Waals surface area contributed by atoms with E-state index in [4.69, 9.17) is 11.6 Å². The maximum Gasteiger partial charge on any atom is 0.292 e. The third-order valence-electron chi connectivity index (χ3n) is 4.54. The van der Waals surface area contributed by atoms with Crippen LogP contribution in [-0.2, 0) is 4.79 Å².